The third-order valence-corrected chi connectivity index (χ3v) is 3.78. The minimum atomic E-state index is -0.329. The van der Waals surface area contributed by atoms with Crippen molar-refractivity contribution in [1.29, 1.82) is 0 Å². The predicted octanol–water partition coefficient (Wildman–Crippen LogP) is 2.20. The Labute approximate surface area is 163 Å². The molecule has 0 radical (unpaired) electrons. The van der Waals surface area contributed by atoms with Crippen molar-refractivity contribution in [2.45, 2.75) is 0 Å². The summed E-state index contributed by atoms with van der Waals surface area (Å²) in [5.41, 5.74) is 1.64. The number of methoxy groups -OCH3 is 2. The molecular formula is C19H21N3O4S. The molecule has 0 saturated carbocycles. The fourth-order valence-electron chi connectivity index (χ4n) is 2.15. The lowest BCUT2D eigenvalue weighted by molar-refractivity contribution is 0.0935. The van der Waals surface area contributed by atoms with Gasteiger partial charge in [-0.05, 0) is 60.7 Å². The number of benzene rings is 2. The molecule has 0 fully saturated rings. The van der Waals surface area contributed by atoms with Crippen molar-refractivity contribution >= 4 is 34.8 Å². The molecule has 0 bridgehead atoms. The molecule has 7 nitrogen and oxygen atoms in total. The monoisotopic (exact) mass is 387 g/mol. The van der Waals surface area contributed by atoms with Crippen LogP contribution < -0.4 is 20.7 Å². The van der Waals surface area contributed by atoms with Crippen LogP contribution in [0.2, 0.25) is 0 Å². The van der Waals surface area contributed by atoms with E-state index in [-0.39, 0.29) is 16.9 Å². The minimum absolute atomic E-state index is 0.160. The van der Waals surface area contributed by atoms with Gasteiger partial charge in [0.1, 0.15) is 5.75 Å². The summed E-state index contributed by atoms with van der Waals surface area (Å²) >= 11 is 5.16. The van der Waals surface area contributed by atoms with E-state index in [1.807, 2.05) is 0 Å². The van der Waals surface area contributed by atoms with Crippen molar-refractivity contribution in [3.63, 3.8) is 0 Å². The number of hydrogen-bond donors (Lipinski definition) is 3. The Hall–Kier alpha value is -2.97. The highest BCUT2D eigenvalue weighted by molar-refractivity contribution is 7.80. The van der Waals surface area contributed by atoms with E-state index in [1.165, 1.54) is 0 Å². The number of anilines is 1. The molecule has 0 atom stereocenters. The Kier molecular flexibility index (Phi) is 7.72. The molecule has 0 spiro atoms. The molecule has 2 rings (SSSR count). The van der Waals surface area contributed by atoms with E-state index in [1.54, 1.807) is 62.8 Å². The summed E-state index contributed by atoms with van der Waals surface area (Å²) in [7, 11) is 3.13. The van der Waals surface area contributed by atoms with Gasteiger partial charge in [-0.15, -0.1) is 0 Å². The molecule has 142 valence electrons. The molecule has 0 aliphatic carbocycles. The van der Waals surface area contributed by atoms with Gasteiger partial charge in [0.25, 0.3) is 11.8 Å². The van der Waals surface area contributed by atoms with Crippen LogP contribution in [0.4, 0.5) is 5.69 Å². The first-order valence-corrected chi connectivity index (χ1v) is 8.58. The number of rotatable bonds is 7. The van der Waals surface area contributed by atoms with E-state index in [2.05, 4.69) is 16.0 Å². The number of ether oxygens (including phenoxy) is 2. The van der Waals surface area contributed by atoms with Crippen LogP contribution in [0.15, 0.2) is 48.5 Å². The van der Waals surface area contributed by atoms with Crippen molar-refractivity contribution < 1.29 is 19.1 Å². The fraction of sp³-hybridized carbons (Fsp3) is 0.211. The van der Waals surface area contributed by atoms with Crippen LogP contribution in [0.5, 0.6) is 5.75 Å². The summed E-state index contributed by atoms with van der Waals surface area (Å²) in [5, 5.41) is 8.40. The maximum Gasteiger partial charge on any atom is 0.257 e. The molecule has 0 aliphatic heterocycles. The van der Waals surface area contributed by atoms with Crippen LogP contribution >= 0.6 is 12.2 Å². The average molecular weight is 387 g/mol. The van der Waals surface area contributed by atoms with E-state index >= 15 is 0 Å². The van der Waals surface area contributed by atoms with Gasteiger partial charge in [0, 0.05) is 30.5 Å². The zero-order valence-corrected chi connectivity index (χ0v) is 15.9. The highest BCUT2D eigenvalue weighted by Gasteiger charge is 2.09. The van der Waals surface area contributed by atoms with Crippen LogP contribution in [0, 0.1) is 0 Å². The van der Waals surface area contributed by atoms with Crippen molar-refractivity contribution in [2.75, 3.05) is 32.7 Å². The summed E-state index contributed by atoms with van der Waals surface area (Å²) in [5.74, 6) is 0.150. The summed E-state index contributed by atoms with van der Waals surface area (Å²) < 4.78 is 9.94. The topological polar surface area (TPSA) is 88.7 Å². The lowest BCUT2D eigenvalue weighted by atomic mass is 10.2. The average Bonchev–Trinajstić information content (AvgIpc) is 2.68. The van der Waals surface area contributed by atoms with Gasteiger partial charge >= 0.3 is 0 Å². The normalized spacial score (nSPS) is 10.0. The number of nitrogens with one attached hydrogen (secondary N) is 3. The SMILES string of the molecule is COCCNC(=O)c1ccc(NC(=S)NC(=O)c2ccc(OC)cc2)cc1. The number of thiocarbonyl (C=S) groups is 1. The fourth-order valence-corrected chi connectivity index (χ4v) is 2.36. The number of carbonyl (C=O) groups is 2. The maximum atomic E-state index is 12.2. The zero-order valence-electron chi connectivity index (χ0n) is 15.1. The molecule has 2 aromatic rings. The van der Waals surface area contributed by atoms with Crippen LogP contribution in [-0.2, 0) is 4.74 Å². The first-order valence-electron chi connectivity index (χ1n) is 8.17. The molecular weight excluding hydrogens is 366 g/mol. The molecule has 2 amide bonds. The second kappa shape index (κ2) is 10.2. The smallest absolute Gasteiger partial charge is 0.257 e. The van der Waals surface area contributed by atoms with E-state index in [4.69, 9.17) is 21.7 Å². The molecule has 2 aromatic carbocycles. The second-order valence-electron chi connectivity index (χ2n) is 5.46. The number of hydrogen-bond acceptors (Lipinski definition) is 5. The van der Waals surface area contributed by atoms with Crippen LogP contribution in [0.1, 0.15) is 20.7 Å². The summed E-state index contributed by atoms with van der Waals surface area (Å²) in [6, 6.07) is 13.4. The molecule has 0 saturated heterocycles. The molecule has 27 heavy (non-hydrogen) atoms. The third-order valence-electron chi connectivity index (χ3n) is 3.58. The summed E-state index contributed by atoms with van der Waals surface area (Å²) in [6.07, 6.45) is 0. The highest BCUT2D eigenvalue weighted by atomic mass is 32.1. The van der Waals surface area contributed by atoms with Gasteiger partial charge in [0.05, 0.1) is 13.7 Å². The van der Waals surface area contributed by atoms with Crippen LogP contribution in [0.3, 0.4) is 0 Å². The Bertz CT molecular complexity index is 792. The maximum absolute atomic E-state index is 12.2. The number of amides is 2. The Morgan fingerprint density at radius 1 is 0.926 bits per heavy atom. The Balaban J connectivity index is 1.87. The standard InChI is InChI=1S/C19H21N3O4S/c1-25-12-11-20-17(23)13-3-7-15(8-4-13)21-19(27)22-18(24)14-5-9-16(26-2)10-6-14/h3-10H,11-12H2,1-2H3,(H,20,23)(H2,21,22,24,27). The van der Waals surface area contributed by atoms with Gasteiger partial charge in [-0.25, -0.2) is 0 Å². The molecule has 0 aromatic heterocycles. The first-order chi connectivity index (χ1) is 13.0. The molecule has 0 unspecified atom stereocenters. The van der Waals surface area contributed by atoms with Crippen LogP contribution in [0.25, 0.3) is 0 Å². The lowest BCUT2D eigenvalue weighted by Crippen LogP contribution is -2.34. The van der Waals surface area contributed by atoms with E-state index in [9.17, 15) is 9.59 Å². The van der Waals surface area contributed by atoms with E-state index < -0.39 is 0 Å². The van der Waals surface area contributed by atoms with Crippen molar-refractivity contribution in [1.82, 2.24) is 10.6 Å². The van der Waals surface area contributed by atoms with Crippen molar-refractivity contribution in [2.24, 2.45) is 0 Å². The molecule has 8 heteroatoms. The van der Waals surface area contributed by atoms with Gasteiger partial charge < -0.3 is 20.1 Å². The Morgan fingerprint density at radius 2 is 1.52 bits per heavy atom. The molecule has 0 heterocycles. The lowest BCUT2D eigenvalue weighted by Gasteiger charge is -2.10. The summed E-state index contributed by atoms with van der Waals surface area (Å²) in [6.45, 7) is 0.893. The van der Waals surface area contributed by atoms with E-state index in [0.717, 1.165) is 0 Å². The molecule has 0 aliphatic rings. The third kappa shape index (κ3) is 6.36. The van der Waals surface area contributed by atoms with Crippen LogP contribution in [-0.4, -0.2) is 44.3 Å². The quantitative estimate of drug-likeness (QED) is 0.499. The summed E-state index contributed by atoms with van der Waals surface area (Å²) in [4.78, 5) is 24.1. The van der Waals surface area contributed by atoms with E-state index in [0.29, 0.717) is 35.7 Å². The highest BCUT2D eigenvalue weighted by Crippen LogP contribution is 2.12. The van der Waals surface area contributed by atoms with Gasteiger partial charge in [0.2, 0.25) is 0 Å². The first kappa shape index (κ1) is 20.3. The second-order valence-corrected chi connectivity index (χ2v) is 5.87. The van der Waals surface area contributed by atoms with Crippen molar-refractivity contribution in [3.8, 4) is 5.75 Å². The predicted molar refractivity (Wildman–Crippen MR) is 107 cm³/mol. The van der Waals surface area contributed by atoms with Gasteiger partial charge in [-0.3, -0.25) is 14.9 Å². The number of carbonyl (C=O) groups excluding carboxylic acids is 2. The Morgan fingerprint density at radius 3 is 2.11 bits per heavy atom. The molecule has 3 N–H and O–H groups in total. The van der Waals surface area contributed by atoms with Crippen molar-refractivity contribution in [3.05, 3.63) is 59.7 Å². The van der Waals surface area contributed by atoms with Gasteiger partial charge in [-0.1, -0.05) is 0 Å². The minimum Gasteiger partial charge on any atom is -0.497 e. The van der Waals surface area contributed by atoms with Gasteiger partial charge in [-0.2, -0.15) is 0 Å². The van der Waals surface area contributed by atoms with Gasteiger partial charge in [0.15, 0.2) is 5.11 Å². The largest absolute Gasteiger partial charge is 0.497 e. The zero-order chi connectivity index (χ0) is 19.6.